The molecule has 1 aromatic carbocycles. The average molecular weight is 302 g/mol. The van der Waals surface area contributed by atoms with Gasteiger partial charge in [-0.15, -0.1) is 0 Å². The van der Waals surface area contributed by atoms with Gasteiger partial charge in [-0.3, -0.25) is 9.59 Å². The molecule has 116 valence electrons. The molecule has 2 heterocycles. The molecule has 0 aliphatic carbocycles. The standard InChI is InChI=1S/C16H18N2O4/c19-14-12(7-3-4-8-17-14)18-15(20)13-9-10-5-1-2-6-11(10)16(21)22-13/h1-2,5-6,12-13H,3-4,7-9H2,(H,17,19)(H,18,20)/t12-,13+/m0/s1. The van der Waals surface area contributed by atoms with Crippen LogP contribution in [0.3, 0.4) is 0 Å². The predicted octanol–water partition coefficient (Wildman–Crippen LogP) is 0.553. The Hall–Kier alpha value is -2.37. The van der Waals surface area contributed by atoms with Crippen molar-refractivity contribution in [2.45, 2.75) is 37.8 Å². The van der Waals surface area contributed by atoms with Gasteiger partial charge in [-0.2, -0.15) is 0 Å². The highest BCUT2D eigenvalue weighted by molar-refractivity contribution is 5.96. The number of hydrogen-bond donors (Lipinski definition) is 2. The topological polar surface area (TPSA) is 84.5 Å². The van der Waals surface area contributed by atoms with Crippen LogP contribution in [-0.2, 0) is 20.7 Å². The van der Waals surface area contributed by atoms with Gasteiger partial charge in [0.15, 0.2) is 6.10 Å². The third kappa shape index (κ3) is 2.95. The molecule has 1 aromatic rings. The first kappa shape index (κ1) is 14.6. The van der Waals surface area contributed by atoms with E-state index in [4.69, 9.17) is 4.74 Å². The summed E-state index contributed by atoms with van der Waals surface area (Å²) in [7, 11) is 0. The van der Waals surface area contributed by atoms with Crippen LogP contribution < -0.4 is 10.6 Å². The number of esters is 1. The maximum absolute atomic E-state index is 12.3. The summed E-state index contributed by atoms with van der Waals surface area (Å²) in [5, 5.41) is 5.47. The van der Waals surface area contributed by atoms with Gasteiger partial charge in [-0.25, -0.2) is 4.79 Å². The summed E-state index contributed by atoms with van der Waals surface area (Å²) >= 11 is 0. The highest BCUT2D eigenvalue weighted by atomic mass is 16.5. The van der Waals surface area contributed by atoms with Crippen LogP contribution in [0.15, 0.2) is 24.3 Å². The molecule has 2 N–H and O–H groups in total. The number of cyclic esters (lactones) is 1. The van der Waals surface area contributed by atoms with E-state index in [1.807, 2.05) is 12.1 Å². The third-order valence-corrected chi connectivity index (χ3v) is 4.04. The lowest BCUT2D eigenvalue weighted by molar-refractivity contribution is -0.134. The summed E-state index contributed by atoms with van der Waals surface area (Å²) < 4.78 is 5.20. The van der Waals surface area contributed by atoms with E-state index in [1.54, 1.807) is 12.1 Å². The van der Waals surface area contributed by atoms with Crippen LogP contribution >= 0.6 is 0 Å². The molecule has 1 fully saturated rings. The third-order valence-electron chi connectivity index (χ3n) is 4.04. The van der Waals surface area contributed by atoms with Crippen molar-refractivity contribution < 1.29 is 19.1 Å². The van der Waals surface area contributed by atoms with Crippen LogP contribution in [0.5, 0.6) is 0 Å². The van der Waals surface area contributed by atoms with Crippen LogP contribution in [0, 0.1) is 0 Å². The first-order valence-electron chi connectivity index (χ1n) is 7.52. The van der Waals surface area contributed by atoms with E-state index in [0.717, 1.165) is 18.4 Å². The van der Waals surface area contributed by atoms with Gasteiger partial charge in [0.2, 0.25) is 5.91 Å². The minimum absolute atomic E-state index is 0.173. The number of carbonyl (C=O) groups excluding carboxylic acids is 3. The van der Waals surface area contributed by atoms with E-state index in [0.29, 0.717) is 24.9 Å². The number of amides is 2. The second-order valence-electron chi connectivity index (χ2n) is 5.60. The number of benzene rings is 1. The van der Waals surface area contributed by atoms with Gasteiger partial charge in [0.25, 0.3) is 5.91 Å². The fourth-order valence-electron chi connectivity index (χ4n) is 2.82. The summed E-state index contributed by atoms with van der Waals surface area (Å²) in [6.45, 7) is 0.636. The Morgan fingerprint density at radius 1 is 1.23 bits per heavy atom. The van der Waals surface area contributed by atoms with Crippen LogP contribution in [0.1, 0.15) is 35.2 Å². The first-order chi connectivity index (χ1) is 10.6. The quantitative estimate of drug-likeness (QED) is 0.782. The van der Waals surface area contributed by atoms with E-state index in [2.05, 4.69) is 10.6 Å². The van der Waals surface area contributed by atoms with Gasteiger partial charge in [-0.1, -0.05) is 18.2 Å². The number of fused-ring (bicyclic) bond motifs is 1. The summed E-state index contributed by atoms with van der Waals surface area (Å²) in [5.41, 5.74) is 1.29. The van der Waals surface area contributed by atoms with E-state index in [9.17, 15) is 14.4 Å². The largest absolute Gasteiger partial charge is 0.448 e. The Kier molecular flexibility index (Phi) is 4.09. The van der Waals surface area contributed by atoms with Gasteiger partial charge in [0.05, 0.1) is 5.56 Å². The first-order valence-corrected chi connectivity index (χ1v) is 7.52. The molecule has 1 saturated heterocycles. The van der Waals surface area contributed by atoms with Gasteiger partial charge < -0.3 is 15.4 Å². The van der Waals surface area contributed by atoms with Gasteiger partial charge in [-0.05, 0) is 30.9 Å². The minimum Gasteiger partial charge on any atom is -0.448 e. The summed E-state index contributed by atoms with van der Waals surface area (Å²) in [6.07, 6.45) is 1.84. The molecule has 0 saturated carbocycles. The fourth-order valence-corrected chi connectivity index (χ4v) is 2.82. The minimum atomic E-state index is -0.876. The lowest BCUT2D eigenvalue weighted by Crippen LogP contribution is -2.50. The Balaban J connectivity index is 1.68. The van der Waals surface area contributed by atoms with E-state index in [1.165, 1.54) is 0 Å². The van der Waals surface area contributed by atoms with Crippen LogP contribution in [0.4, 0.5) is 0 Å². The van der Waals surface area contributed by atoms with Crippen molar-refractivity contribution in [3.63, 3.8) is 0 Å². The van der Waals surface area contributed by atoms with Crippen molar-refractivity contribution in [3.8, 4) is 0 Å². The normalized spacial score (nSPS) is 24.5. The molecule has 3 rings (SSSR count). The Labute approximate surface area is 128 Å². The molecule has 0 radical (unpaired) electrons. The molecular weight excluding hydrogens is 284 g/mol. The number of hydrogen-bond acceptors (Lipinski definition) is 4. The molecule has 22 heavy (non-hydrogen) atoms. The predicted molar refractivity (Wildman–Crippen MR) is 78.1 cm³/mol. The second kappa shape index (κ2) is 6.17. The molecule has 0 unspecified atom stereocenters. The van der Waals surface area contributed by atoms with Gasteiger partial charge in [0.1, 0.15) is 6.04 Å². The monoisotopic (exact) mass is 302 g/mol. The summed E-state index contributed by atoms with van der Waals surface area (Å²) in [5.74, 6) is -1.08. The Morgan fingerprint density at radius 2 is 2.05 bits per heavy atom. The summed E-state index contributed by atoms with van der Waals surface area (Å²) in [4.78, 5) is 36.1. The van der Waals surface area contributed by atoms with Crippen molar-refractivity contribution in [1.29, 1.82) is 0 Å². The fraction of sp³-hybridized carbons (Fsp3) is 0.438. The van der Waals surface area contributed by atoms with E-state index >= 15 is 0 Å². The van der Waals surface area contributed by atoms with Gasteiger partial charge >= 0.3 is 5.97 Å². The number of ether oxygens (including phenoxy) is 1. The Bertz CT molecular complexity index is 614. The zero-order valence-corrected chi connectivity index (χ0v) is 12.1. The molecule has 0 spiro atoms. The maximum Gasteiger partial charge on any atom is 0.339 e. The molecule has 6 nitrogen and oxygen atoms in total. The van der Waals surface area contributed by atoms with E-state index in [-0.39, 0.29) is 5.91 Å². The van der Waals surface area contributed by atoms with Crippen molar-refractivity contribution in [2.24, 2.45) is 0 Å². The lowest BCUT2D eigenvalue weighted by atomic mass is 9.98. The lowest BCUT2D eigenvalue weighted by Gasteiger charge is -2.25. The van der Waals surface area contributed by atoms with Crippen LogP contribution in [-0.4, -0.2) is 36.5 Å². The van der Waals surface area contributed by atoms with Crippen molar-refractivity contribution >= 4 is 17.8 Å². The number of rotatable bonds is 2. The molecule has 2 atom stereocenters. The number of nitrogens with one attached hydrogen (secondary N) is 2. The zero-order valence-electron chi connectivity index (χ0n) is 12.1. The van der Waals surface area contributed by atoms with Crippen molar-refractivity contribution in [3.05, 3.63) is 35.4 Å². The highest BCUT2D eigenvalue weighted by Crippen LogP contribution is 2.20. The zero-order chi connectivity index (χ0) is 15.5. The molecular formula is C16H18N2O4. The SMILES string of the molecule is O=C1O[C@@H](C(=O)N[C@H]2CCCCNC2=O)Cc2ccccc21. The smallest absolute Gasteiger partial charge is 0.339 e. The van der Waals surface area contributed by atoms with Crippen LogP contribution in [0.2, 0.25) is 0 Å². The van der Waals surface area contributed by atoms with Crippen LogP contribution in [0.25, 0.3) is 0 Å². The maximum atomic E-state index is 12.3. The van der Waals surface area contributed by atoms with Crippen molar-refractivity contribution in [1.82, 2.24) is 10.6 Å². The molecule has 2 amide bonds. The highest BCUT2D eigenvalue weighted by Gasteiger charge is 2.33. The average Bonchev–Trinajstić information content (AvgIpc) is 2.72. The molecule has 2 aliphatic rings. The Morgan fingerprint density at radius 3 is 2.91 bits per heavy atom. The van der Waals surface area contributed by atoms with Crippen molar-refractivity contribution in [2.75, 3.05) is 6.54 Å². The molecule has 0 bridgehead atoms. The van der Waals surface area contributed by atoms with E-state index < -0.39 is 24.0 Å². The molecule has 2 aliphatic heterocycles. The number of carbonyl (C=O) groups is 3. The van der Waals surface area contributed by atoms with Gasteiger partial charge in [0, 0.05) is 13.0 Å². The molecule has 6 heteroatoms. The summed E-state index contributed by atoms with van der Waals surface area (Å²) in [6, 6.07) is 6.53. The second-order valence-corrected chi connectivity index (χ2v) is 5.60. The molecule has 0 aromatic heterocycles.